The number of alkyl halides is 3. The zero-order chi connectivity index (χ0) is 15.3. The Hall–Kier alpha value is -1.44. The Morgan fingerprint density at radius 3 is 2.60 bits per heavy atom. The fourth-order valence-corrected chi connectivity index (χ4v) is 1.89. The molecule has 0 bridgehead atoms. The van der Waals surface area contributed by atoms with Gasteiger partial charge in [-0.2, -0.15) is 13.2 Å². The van der Waals surface area contributed by atoms with Gasteiger partial charge in [0.05, 0.1) is 7.11 Å². The molecular weight excluding hydrogens is 341 g/mol. The highest BCUT2D eigenvalue weighted by Gasteiger charge is 2.28. The van der Waals surface area contributed by atoms with E-state index in [0.717, 1.165) is 4.47 Å². The van der Waals surface area contributed by atoms with Gasteiger partial charge in [0.25, 0.3) is 0 Å². The molecule has 1 amide bonds. The van der Waals surface area contributed by atoms with Crippen LogP contribution in [-0.2, 0) is 4.79 Å². The van der Waals surface area contributed by atoms with Gasteiger partial charge >= 0.3 is 6.18 Å². The topological polar surface area (TPSA) is 50.4 Å². The maximum atomic E-state index is 12.0. The highest BCUT2D eigenvalue weighted by Crippen LogP contribution is 2.24. The number of amides is 1. The van der Waals surface area contributed by atoms with E-state index in [4.69, 9.17) is 4.74 Å². The minimum absolute atomic E-state index is 0.560. The summed E-state index contributed by atoms with van der Waals surface area (Å²) in [5.41, 5.74) is 0.561. The van der Waals surface area contributed by atoms with E-state index in [0.29, 0.717) is 11.4 Å². The summed E-state index contributed by atoms with van der Waals surface area (Å²) >= 11 is 3.27. The molecule has 0 aliphatic carbocycles. The molecule has 0 spiro atoms. The van der Waals surface area contributed by atoms with Crippen molar-refractivity contribution in [3.63, 3.8) is 0 Å². The van der Waals surface area contributed by atoms with Crippen LogP contribution in [0.15, 0.2) is 22.7 Å². The summed E-state index contributed by atoms with van der Waals surface area (Å²) in [4.78, 5) is 11.5. The monoisotopic (exact) mass is 354 g/mol. The first-order valence-corrected chi connectivity index (χ1v) is 6.46. The minimum Gasteiger partial charge on any atom is -0.497 e. The highest BCUT2D eigenvalue weighted by atomic mass is 79.9. The van der Waals surface area contributed by atoms with E-state index in [1.165, 1.54) is 14.0 Å². The molecule has 0 aromatic heterocycles. The molecule has 0 aliphatic rings. The molecular formula is C12H14BrF3N2O2. The zero-order valence-electron chi connectivity index (χ0n) is 10.8. The van der Waals surface area contributed by atoms with E-state index >= 15 is 0 Å². The molecule has 112 valence electrons. The number of hydrogen-bond donors (Lipinski definition) is 2. The number of halogens is 4. The molecule has 0 saturated heterocycles. The van der Waals surface area contributed by atoms with Crippen molar-refractivity contribution in [2.24, 2.45) is 0 Å². The Balaban J connectivity index is 2.63. The minimum atomic E-state index is -4.42. The molecule has 0 fully saturated rings. The summed E-state index contributed by atoms with van der Waals surface area (Å²) in [5, 5.41) is 4.62. The van der Waals surface area contributed by atoms with E-state index in [9.17, 15) is 18.0 Å². The molecule has 0 saturated carbocycles. The molecule has 1 rings (SSSR count). The lowest BCUT2D eigenvalue weighted by atomic mass is 10.2. The summed E-state index contributed by atoms with van der Waals surface area (Å²) in [6, 6.07) is 4.24. The first-order valence-electron chi connectivity index (χ1n) is 5.67. The fourth-order valence-electron chi connectivity index (χ4n) is 1.42. The van der Waals surface area contributed by atoms with Crippen LogP contribution < -0.4 is 15.4 Å². The maximum absolute atomic E-state index is 12.0. The van der Waals surface area contributed by atoms with E-state index in [2.05, 4.69) is 21.2 Å². The van der Waals surface area contributed by atoms with Crippen molar-refractivity contribution in [1.29, 1.82) is 0 Å². The van der Waals surface area contributed by atoms with E-state index in [1.807, 2.05) is 5.32 Å². The second kappa shape index (κ2) is 6.83. The molecule has 8 heteroatoms. The Morgan fingerprint density at radius 1 is 1.40 bits per heavy atom. The Labute approximate surface area is 122 Å². The molecule has 0 aliphatic heterocycles. The van der Waals surface area contributed by atoms with Crippen LogP contribution in [0.2, 0.25) is 0 Å². The summed E-state index contributed by atoms with van der Waals surface area (Å²) < 4.78 is 41.8. The molecule has 1 aromatic rings. The van der Waals surface area contributed by atoms with Gasteiger partial charge in [0.2, 0.25) is 5.91 Å². The Morgan fingerprint density at radius 2 is 2.05 bits per heavy atom. The first-order chi connectivity index (χ1) is 9.21. The Bertz CT molecular complexity index is 480. The van der Waals surface area contributed by atoms with E-state index in [1.54, 1.807) is 18.2 Å². The molecule has 4 nitrogen and oxygen atoms in total. The van der Waals surface area contributed by atoms with E-state index in [-0.39, 0.29) is 0 Å². The van der Waals surface area contributed by atoms with Crippen LogP contribution in [0.4, 0.5) is 18.9 Å². The number of methoxy groups -OCH3 is 1. The quantitative estimate of drug-likeness (QED) is 0.854. The first kappa shape index (κ1) is 16.6. The number of carbonyl (C=O) groups is 1. The van der Waals surface area contributed by atoms with E-state index < -0.39 is 24.7 Å². The van der Waals surface area contributed by atoms with Crippen LogP contribution in [0, 0.1) is 0 Å². The van der Waals surface area contributed by atoms with Gasteiger partial charge in [0.1, 0.15) is 18.3 Å². The number of carbonyl (C=O) groups excluding carboxylic acids is 1. The van der Waals surface area contributed by atoms with Crippen LogP contribution in [0.5, 0.6) is 5.75 Å². The summed E-state index contributed by atoms with van der Waals surface area (Å²) in [6.07, 6.45) is -4.42. The highest BCUT2D eigenvalue weighted by molar-refractivity contribution is 9.10. The van der Waals surface area contributed by atoms with Crippen LogP contribution in [0.3, 0.4) is 0 Å². The number of rotatable bonds is 5. The largest absolute Gasteiger partial charge is 0.497 e. The lowest BCUT2D eigenvalue weighted by molar-refractivity contribution is -0.138. The van der Waals surface area contributed by atoms with Gasteiger partial charge in [0, 0.05) is 16.2 Å². The smallest absolute Gasteiger partial charge is 0.405 e. The standard InChI is InChI=1S/C12H14BrF3N2O2/c1-7(11(19)17-6-12(14,15)16)18-9-3-8(13)4-10(5-9)20-2/h3-5,7,18H,6H2,1-2H3,(H,17,19). The van der Waals surface area contributed by atoms with Crippen LogP contribution >= 0.6 is 15.9 Å². The maximum Gasteiger partial charge on any atom is 0.405 e. The third kappa shape index (κ3) is 5.68. The second-order valence-corrected chi connectivity index (χ2v) is 4.99. The van der Waals surface area contributed by atoms with Crippen molar-refractivity contribution in [3.05, 3.63) is 22.7 Å². The predicted octanol–water partition coefficient (Wildman–Crippen LogP) is 2.94. The number of ether oxygens (including phenoxy) is 1. The molecule has 1 unspecified atom stereocenters. The number of hydrogen-bond acceptors (Lipinski definition) is 3. The number of benzene rings is 1. The molecule has 0 heterocycles. The van der Waals surface area contributed by atoms with Crippen molar-refractivity contribution in [3.8, 4) is 5.75 Å². The molecule has 20 heavy (non-hydrogen) atoms. The SMILES string of the molecule is COc1cc(Br)cc(NC(C)C(=O)NCC(F)(F)F)c1. The number of anilines is 1. The van der Waals surface area contributed by atoms with Crippen molar-refractivity contribution < 1.29 is 22.7 Å². The average Bonchev–Trinajstić information content (AvgIpc) is 2.34. The van der Waals surface area contributed by atoms with Crippen molar-refractivity contribution in [2.45, 2.75) is 19.1 Å². The average molecular weight is 355 g/mol. The third-order valence-electron chi connectivity index (χ3n) is 2.35. The van der Waals surface area contributed by atoms with Gasteiger partial charge in [-0.1, -0.05) is 15.9 Å². The lowest BCUT2D eigenvalue weighted by Gasteiger charge is -2.17. The molecule has 1 aromatic carbocycles. The fraction of sp³-hybridized carbons (Fsp3) is 0.417. The van der Waals surface area contributed by atoms with Gasteiger partial charge in [-0.3, -0.25) is 4.79 Å². The third-order valence-corrected chi connectivity index (χ3v) is 2.80. The van der Waals surface area contributed by atoms with Crippen LogP contribution in [0.25, 0.3) is 0 Å². The molecule has 0 radical (unpaired) electrons. The lowest BCUT2D eigenvalue weighted by Crippen LogP contribution is -2.42. The summed E-state index contributed by atoms with van der Waals surface area (Å²) in [6.45, 7) is 0.124. The molecule has 1 atom stereocenters. The normalized spacial score (nSPS) is 12.7. The number of nitrogens with one attached hydrogen (secondary N) is 2. The van der Waals surface area contributed by atoms with Gasteiger partial charge in [-0.05, 0) is 19.1 Å². The predicted molar refractivity (Wildman–Crippen MR) is 72.8 cm³/mol. The summed E-state index contributed by atoms with van der Waals surface area (Å²) in [5.74, 6) is -0.175. The van der Waals surface area contributed by atoms with Crippen molar-refractivity contribution in [2.75, 3.05) is 19.0 Å². The van der Waals surface area contributed by atoms with Gasteiger partial charge in [-0.15, -0.1) is 0 Å². The van der Waals surface area contributed by atoms with Gasteiger partial charge in [0.15, 0.2) is 0 Å². The zero-order valence-corrected chi connectivity index (χ0v) is 12.4. The van der Waals surface area contributed by atoms with Crippen LogP contribution in [0.1, 0.15) is 6.92 Å². The van der Waals surface area contributed by atoms with Crippen molar-refractivity contribution in [1.82, 2.24) is 5.32 Å². The second-order valence-electron chi connectivity index (χ2n) is 4.08. The summed E-state index contributed by atoms with van der Waals surface area (Å²) in [7, 11) is 1.49. The molecule has 2 N–H and O–H groups in total. The Kier molecular flexibility index (Phi) is 5.67. The van der Waals surface area contributed by atoms with Crippen molar-refractivity contribution >= 4 is 27.5 Å². The van der Waals surface area contributed by atoms with Crippen LogP contribution in [-0.4, -0.2) is 31.8 Å². The van der Waals surface area contributed by atoms with Gasteiger partial charge in [-0.25, -0.2) is 0 Å². The van der Waals surface area contributed by atoms with Gasteiger partial charge < -0.3 is 15.4 Å².